The first-order valence-corrected chi connectivity index (χ1v) is 8.04. The fraction of sp³-hybridized carbons (Fsp3) is 0.250. The second kappa shape index (κ2) is 4.98. The smallest absolute Gasteiger partial charge is 0.274 e. The van der Waals surface area contributed by atoms with Crippen molar-refractivity contribution in [3.8, 4) is 0 Å². The van der Waals surface area contributed by atoms with Crippen LogP contribution in [0.2, 0.25) is 0 Å². The lowest BCUT2D eigenvalue weighted by molar-refractivity contribution is 0.0672. The number of aromatic amines is 1. The van der Waals surface area contributed by atoms with E-state index in [1.54, 1.807) is 4.52 Å². The van der Waals surface area contributed by atoms with E-state index < -0.39 is 0 Å². The van der Waals surface area contributed by atoms with Crippen LogP contribution in [0.5, 0.6) is 0 Å². The molecule has 0 saturated carbocycles. The molecule has 1 amide bonds. The van der Waals surface area contributed by atoms with Gasteiger partial charge in [0.15, 0.2) is 5.69 Å². The van der Waals surface area contributed by atoms with E-state index in [4.69, 9.17) is 0 Å². The summed E-state index contributed by atoms with van der Waals surface area (Å²) < 4.78 is 2.67. The Kier molecular flexibility index (Phi) is 3.07. The van der Waals surface area contributed by atoms with E-state index in [0.717, 1.165) is 23.0 Å². The van der Waals surface area contributed by atoms with Gasteiger partial charge in [0.2, 0.25) is 0 Å². The van der Waals surface area contributed by atoms with Crippen molar-refractivity contribution in [1.29, 1.82) is 0 Å². The summed E-state index contributed by atoms with van der Waals surface area (Å²) in [7, 11) is 0. The minimum absolute atomic E-state index is 0.0147. The van der Waals surface area contributed by atoms with Crippen LogP contribution in [0.25, 0.3) is 5.52 Å². The lowest BCUT2D eigenvalue weighted by Gasteiger charge is -2.33. The average molecular weight is 359 g/mol. The summed E-state index contributed by atoms with van der Waals surface area (Å²) in [6.07, 6.45) is 6.75. The van der Waals surface area contributed by atoms with E-state index in [1.165, 1.54) is 11.1 Å². The van der Waals surface area contributed by atoms with Crippen LogP contribution in [-0.4, -0.2) is 31.9 Å². The molecule has 0 radical (unpaired) electrons. The lowest BCUT2D eigenvalue weighted by Crippen LogP contribution is -2.38. The zero-order valence-corrected chi connectivity index (χ0v) is 13.7. The van der Waals surface area contributed by atoms with E-state index in [2.05, 4.69) is 32.9 Å². The molecule has 4 rings (SSSR count). The highest BCUT2D eigenvalue weighted by atomic mass is 79.9. The van der Waals surface area contributed by atoms with Crippen molar-refractivity contribution in [2.24, 2.45) is 0 Å². The zero-order valence-electron chi connectivity index (χ0n) is 12.1. The van der Waals surface area contributed by atoms with Gasteiger partial charge in [0.1, 0.15) is 0 Å². The minimum atomic E-state index is -0.0147. The van der Waals surface area contributed by atoms with Crippen LogP contribution < -0.4 is 0 Å². The quantitative estimate of drug-likeness (QED) is 0.726. The summed E-state index contributed by atoms with van der Waals surface area (Å²) >= 11 is 3.42. The number of rotatable bonds is 1. The maximum atomic E-state index is 12.8. The Morgan fingerprint density at radius 3 is 3.14 bits per heavy atom. The van der Waals surface area contributed by atoms with Crippen LogP contribution in [0.4, 0.5) is 0 Å². The first-order chi connectivity index (χ1) is 10.6. The molecule has 0 saturated heterocycles. The zero-order chi connectivity index (χ0) is 15.3. The molecule has 0 spiro atoms. The molecule has 4 heterocycles. The lowest BCUT2D eigenvalue weighted by atomic mass is 9.98. The van der Waals surface area contributed by atoms with Crippen LogP contribution in [0.1, 0.15) is 34.6 Å². The number of H-pyrrole nitrogens is 1. The van der Waals surface area contributed by atoms with Crippen molar-refractivity contribution >= 4 is 27.4 Å². The fourth-order valence-electron chi connectivity index (χ4n) is 3.11. The van der Waals surface area contributed by atoms with Crippen LogP contribution >= 0.6 is 15.9 Å². The van der Waals surface area contributed by atoms with E-state index in [0.29, 0.717) is 5.69 Å². The molecular weight excluding hydrogens is 344 g/mol. The molecular formula is C16H15BrN4O. The Hall–Kier alpha value is -2.08. The highest BCUT2D eigenvalue weighted by Gasteiger charge is 2.29. The Morgan fingerprint density at radius 1 is 1.41 bits per heavy atom. The van der Waals surface area contributed by atoms with Gasteiger partial charge in [-0.3, -0.25) is 4.79 Å². The summed E-state index contributed by atoms with van der Waals surface area (Å²) in [6, 6.07) is 5.80. The van der Waals surface area contributed by atoms with Crippen molar-refractivity contribution in [1.82, 2.24) is 19.5 Å². The van der Waals surface area contributed by atoms with Gasteiger partial charge < -0.3 is 9.88 Å². The average Bonchev–Trinajstić information content (AvgIpc) is 3.12. The monoisotopic (exact) mass is 358 g/mol. The second-order valence-electron chi connectivity index (χ2n) is 5.61. The number of amides is 1. The molecule has 0 aromatic carbocycles. The number of carbonyl (C=O) groups is 1. The van der Waals surface area contributed by atoms with Crippen molar-refractivity contribution in [2.75, 3.05) is 6.54 Å². The molecule has 1 aliphatic heterocycles. The maximum Gasteiger partial charge on any atom is 0.274 e. The summed E-state index contributed by atoms with van der Waals surface area (Å²) in [6.45, 7) is 2.79. The first kappa shape index (κ1) is 13.6. The third-order valence-electron chi connectivity index (χ3n) is 4.31. The Bertz CT molecular complexity index is 866. The van der Waals surface area contributed by atoms with E-state index in [9.17, 15) is 4.79 Å². The van der Waals surface area contributed by atoms with Gasteiger partial charge >= 0.3 is 0 Å². The predicted octanol–water partition coefficient (Wildman–Crippen LogP) is 3.18. The number of fused-ring (bicyclic) bond motifs is 2. The third kappa shape index (κ3) is 2.06. The number of aromatic nitrogens is 3. The summed E-state index contributed by atoms with van der Waals surface area (Å²) in [5.74, 6) is -0.0147. The van der Waals surface area contributed by atoms with Gasteiger partial charge in [-0.1, -0.05) is 0 Å². The van der Waals surface area contributed by atoms with E-state index in [-0.39, 0.29) is 11.9 Å². The SMILES string of the molecule is CC1c2c[nH]cc2CCN1C(=O)c1cc2ccc(Br)cn2n1. The second-order valence-corrected chi connectivity index (χ2v) is 6.52. The topological polar surface area (TPSA) is 53.4 Å². The number of carbonyl (C=O) groups excluding carboxylic acids is 1. The highest BCUT2D eigenvalue weighted by molar-refractivity contribution is 9.10. The number of hydrogen-bond donors (Lipinski definition) is 1. The first-order valence-electron chi connectivity index (χ1n) is 7.25. The van der Waals surface area contributed by atoms with Gasteiger partial charge in [0, 0.05) is 29.6 Å². The predicted molar refractivity (Wildman–Crippen MR) is 86.8 cm³/mol. The largest absolute Gasteiger partial charge is 0.367 e. The normalized spacial score (nSPS) is 17.7. The number of pyridine rings is 1. The van der Waals surface area contributed by atoms with Gasteiger partial charge in [-0.05, 0) is 58.6 Å². The molecule has 112 valence electrons. The van der Waals surface area contributed by atoms with Crippen LogP contribution in [0, 0.1) is 0 Å². The Labute approximate surface area is 136 Å². The molecule has 1 aliphatic rings. The molecule has 0 aliphatic carbocycles. The number of nitrogens with one attached hydrogen (secondary N) is 1. The van der Waals surface area contributed by atoms with Crippen LogP contribution in [0.3, 0.4) is 0 Å². The van der Waals surface area contributed by atoms with Gasteiger partial charge in [-0.2, -0.15) is 5.10 Å². The molecule has 3 aromatic heterocycles. The summed E-state index contributed by atoms with van der Waals surface area (Å²) in [4.78, 5) is 17.9. The maximum absolute atomic E-state index is 12.8. The molecule has 1 unspecified atom stereocenters. The molecule has 5 nitrogen and oxygen atoms in total. The third-order valence-corrected chi connectivity index (χ3v) is 4.78. The van der Waals surface area contributed by atoms with Gasteiger partial charge in [0.25, 0.3) is 5.91 Å². The van der Waals surface area contributed by atoms with Crippen LogP contribution in [-0.2, 0) is 6.42 Å². The molecule has 1 N–H and O–H groups in total. The fourth-order valence-corrected chi connectivity index (χ4v) is 3.43. The highest BCUT2D eigenvalue weighted by Crippen LogP contribution is 2.30. The number of halogens is 1. The molecule has 3 aromatic rings. The summed E-state index contributed by atoms with van der Waals surface area (Å²) in [5, 5.41) is 4.41. The number of nitrogens with zero attached hydrogens (tertiary/aromatic N) is 3. The Balaban J connectivity index is 1.68. The molecule has 1 atom stereocenters. The van der Waals surface area contributed by atoms with Gasteiger partial charge in [0.05, 0.1) is 11.6 Å². The van der Waals surface area contributed by atoms with Crippen molar-refractivity contribution in [3.63, 3.8) is 0 Å². The number of hydrogen-bond acceptors (Lipinski definition) is 2. The molecule has 0 fully saturated rings. The van der Waals surface area contributed by atoms with Gasteiger partial charge in [-0.15, -0.1) is 0 Å². The molecule has 0 bridgehead atoms. The van der Waals surface area contributed by atoms with E-state index >= 15 is 0 Å². The van der Waals surface area contributed by atoms with Gasteiger partial charge in [-0.25, -0.2) is 4.52 Å². The molecule has 6 heteroatoms. The van der Waals surface area contributed by atoms with Crippen molar-refractivity contribution < 1.29 is 4.79 Å². The standard InChI is InChI=1S/C16H15BrN4O/c1-10-14-8-18-7-11(14)4-5-20(10)16(22)15-6-13-3-2-12(17)9-21(13)19-15/h2-3,6-10,18H,4-5H2,1H3. The minimum Gasteiger partial charge on any atom is -0.367 e. The van der Waals surface area contributed by atoms with Crippen molar-refractivity contribution in [2.45, 2.75) is 19.4 Å². The van der Waals surface area contributed by atoms with Crippen LogP contribution in [0.15, 0.2) is 41.3 Å². The van der Waals surface area contributed by atoms with E-state index in [1.807, 2.05) is 41.7 Å². The molecule has 22 heavy (non-hydrogen) atoms. The van der Waals surface area contributed by atoms with Crippen molar-refractivity contribution in [3.05, 3.63) is 58.1 Å². The summed E-state index contributed by atoms with van der Waals surface area (Å²) in [5.41, 5.74) is 3.91. The Morgan fingerprint density at radius 2 is 2.27 bits per heavy atom.